The summed E-state index contributed by atoms with van der Waals surface area (Å²) in [6, 6.07) is 7.26. The van der Waals surface area contributed by atoms with Crippen molar-refractivity contribution < 1.29 is 14.3 Å². The monoisotopic (exact) mass is 292 g/mol. The fourth-order valence-electron chi connectivity index (χ4n) is 1.78. The first-order valence-electron chi connectivity index (χ1n) is 6.96. The third-order valence-corrected chi connectivity index (χ3v) is 3.07. The molecule has 1 aromatic carbocycles. The number of nitrogens with one attached hydrogen (secondary N) is 1. The third kappa shape index (κ3) is 5.10. The van der Waals surface area contributed by atoms with Crippen LogP contribution in [0.3, 0.4) is 0 Å². The van der Waals surface area contributed by atoms with Gasteiger partial charge in [0.1, 0.15) is 5.75 Å². The Hall–Kier alpha value is -2.04. The average Bonchev–Trinajstić information content (AvgIpc) is 2.42. The van der Waals surface area contributed by atoms with Gasteiger partial charge in [0.2, 0.25) is 11.8 Å². The molecule has 0 aliphatic rings. The van der Waals surface area contributed by atoms with Gasteiger partial charge in [-0.2, -0.15) is 0 Å². The molecule has 1 aromatic rings. The number of ether oxygens (including phenoxy) is 1. The minimum absolute atomic E-state index is 0.0271. The van der Waals surface area contributed by atoms with E-state index in [-0.39, 0.29) is 11.8 Å². The maximum Gasteiger partial charge on any atom is 0.225 e. The predicted molar refractivity (Wildman–Crippen MR) is 83.5 cm³/mol. The second-order valence-corrected chi connectivity index (χ2v) is 5.87. The standard InChI is InChI=1S/C16H24N2O3/c1-12(19)18(11-10-17-15(20)16(2,3)4)13-6-8-14(21-5)9-7-13/h6-9H,10-11H2,1-5H3,(H,17,20). The number of carbonyl (C=O) groups excluding carboxylic acids is 2. The smallest absolute Gasteiger partial charge is 0.225 e. The Bertz CT molecular complexity index is 489. The molecule has 0 spiro atoms. The van der Waals surface area contributed by atoms with Crippen LogP contribution in [0.1, 0.15) is 27.7 Å². The molecule has 0 unspecified atom stereocenters. The summed E-state index contributed by atoms with van der Waals surface area (Å²) in [5.41, 5.74) is 0.356. The van der Waals surface area contributed by atoms with E-state index in [4.69, 9.17) is 4.74 Å². The summed E-state index contributed by atoms with van der Waals surface area (Å²) in [5, 5.41) is 2.84. The molecule has 0 saturated carbocycles. The first kappa shape index (κ1) is 17.0. The molecule has 1 rings (SSSR count). The van der Waals surface area contributed by atoms with Crippen molar-refractivity contribution in [1.29, 1.82) is 0 Å². The number of hydrogen-bond donors (Lipinski definition) is 1. The van der Waals surface area contributed by atoms with E-state index in [2.05, 4.69) is 5.32 Å². The topological polar surface area (TPSA) is 58.6 Å². The van der Waals surface area contributed by atoms with Crippen molar-refractivity contribution >= 4 is 17.5 Å². The molecule has 21 heavy (non-hydrogen) atoms. The highest BCUT2D eigenvalue weighted by Gasteiger charge is 2.21. The molecule has 0 atom stereocenters. The molecule has 0 saturated heterocycles. The van der Waals surface area contributed by atoms with Crippen LogP contribution in [0.5, 0.6) is 5.75 Å². The van der Waals surface area contributed by atoms with Crippen molar-refractivity contribution in [3.63, 3.8) is 0 Å². The predicted octanol–water partition coefficient (Wildman–Crippen LogP) is 2.21. The van der Waals surface area contributed by atoms with Gasteiger partial charge in [-0.25, -0.2) is 0 Å². The van der Waals surface area contributed by atoms with Gasteiger partial charge in [-0.3, -0.25) is 9.59 Å². The zero-order chi connectivity index (χ0) is 16.0. The Morgan fingerprint density at radius 3 is 2.19 bits per heavy atom. The molecule has 0 aliphatic carbocycles. The van der Waals surface area contributed by atoms with E-state index < -0.39 is 5.41 Å². The number of nitrogens with zero attached hydrogens (tertiary/aromatic N) is 1. The van der Waals surface area contributed by atoms with Gasteiger partial charge in [0.05, 0.1) is 7.11 Å². The zero-order valence-electron chi connectivity index (χ0n) is 13.4. The van der Waals surface area contributed by atoms with Crippen molar-refractivity contribution in [2.24, 2.45) is 5.41 Å². The second kappa shape index (κ2) is 7.11. The molecule has 0 radical (unpaired) electrons. The highest BCUT2D eigenvalue weighted by molar-refractivity contribution is 5.91. The summed E-state index contributed by atoms with van der Waals surface area (Å²) in [6.45, 7) is 7.93. The first-order chi connectivity index (χ1) is 9.75. The number of benzene rings is 1. The number of anilines is 1. The van der Waals surface area contributed by atoms with Gasteiger partial charge in [0, 0.05) is 31.1 Å². The van der Waals surface area contributed by atoms with E-state index in [1.807, 2.05) is 32.9 Å². The van der Waals surface area contributed by atoms with E-state index >= 15 is 0 Å². The molecule has 0 fully saturated rings. The van der Waals surface area contributed by atoms with Gasteiger partial charge in [-0.1, -0.05) is 20.8 Å². The van der Waals surface area contributed by atoms with E-state index in [1.54, 1.807) is 24.1 Å². The Morgan fingerprint density at radius 2 is 1.76 bits per heavy atom. The normalized spacial score (nSPS) is 10.9. The van der Waals surface area contributed by atoms with Gasteiger partial charge in [0.25, 0.3) is 0 Å². The Labute approximate surface area is 126 Å². The van der Waals surface area contributed by atoms with Crippen LogP contribution in [0.15, 0.2) is 24.3 Å². The molecular weight excluding hydrogens is 268 g/mol. The molecular formula is C16H24N2O3. The SMILES string of the molecule is COc1ccc(N(CCNC(=O)C(C)(C)C)C(C)=O)cc1. The van der Waals surface area contributed by atoms with Crippen molar-refractivity contribution in [2.75, 3.05) is 25.1 Å². The lowest BCUT2D eigenvalue weighted by Crippen LogP contribution is -2.41. The van der Waals surface area contributed by atoms with Crippen LogP contribution in [0, 0.1) is 5.41 Å². The van der Waals surface area contributed by atoms with Gasteiger partial charge in [0.15, 0.2) is 0 Å². The van der Waals surface area contributed by atoms with Crippen LogP contribution < -0.4 is 15.0 Å². The fourth-order valence-corrected chi connectivity index (χ4v) is 1.78. The summed E-state index contributed by atoms with van der Waals surface area (Å²) >= 11 is 0. The van der Waals surface area contributed by atoms with Gasteiger partial charge in [-0.05, 0) is 24.3 Å². The second-order valence-electron chi connectivity index (χ2n) is 5.87. The van der Waals surface area contributed by atoms with Crippen LogP contribution in [0.25, 0.3) is 0 Å². The summed E-state index contributed by atoms with van der Waals surface area (Å²) in [4.78, 5) is 25.2. The van der Waals surface area contributed by atoms with Crippen molar-refractivity contribution in [1.82, 2.24) is 5.32 Å². The quantitative estimate of drug-likeness (QED) is 0.905. The first-order valence-corrected chi connectivity index (χ1v) is 6.96. The lowest BCUT2D eigenvalue weighted by atomic mass is 9.96. The highest BCUT2D eigenvalue weighted by atomic mass is 16.5. The minimum Gasteiger partial charge on any atom is -0.497 e. The molecule has 5 nitrogen and oxygen atoms in total. The molecule has 0 bridgehead atoms. The van der Waals surface area contributed by atoms with E-state index in [9.17, 15) is 9.59 Å². The van der Waals surface area contributed by atoms with Crippen LogP contribution in [0.2, 0.25) is 0 Å². The average molecular weight is 292 g/mol. The molecule has 5 heteroatoms. The molecule has 0 aromatic heterocycles. The maximum absolute atomic E-state index is 11.8. The van der Waals surface area contributed by atoms with E-state index in [1.165, 1.54) is 6.92 Å². The Balaban J connectivity index is 2.66. The Kier molecular flexibility index (Phi) is 5.76. The molecule has 0 heterocycles. The highest BCUT2D eigenvalue weighted by Crippen LogP contribution is 2.19. The lowest BCUT2D eigenvalue weighted by Gasteiger charge is -2.23. The van der Waals surface area contributed by atoms with Crippen LogP contribution in [0.4, 0.5) is 5.69 Å². The van der Waals surface area contributed by atoms with Gasteiger partial charge in [-0.15, -0.1) is 0 Å². The molecule has 0 aliphatic heterocycles. The lowest BCUT2D eigenvalue weighted by molar-refractivity contribution is -0.128. The largest absolute Gasteiger partial charge is 0.497 e. The number of amides is 2. The van der Waals surface area contributed by atoms with Gasteiger partial charge < -0.3 is 15.0 Å². The molecule has 1 N–H and O–H groups in total. The molecule has 2 amide bonds. The molecule has 116 valence electrons. The number of rotatable bonds is 5. The van der Waals surface area contributed by atoms with Crippen molar-refractivity contribution in [3.8, 4) is 5.75 Å². The van der Waals surface area contributed by atoms with Crippen LogP contribution >= 0.6 is 0 Å². The zero-order valence-corrected chi connectivity index (χ0v) is 13.4. The number of methoxy groups -OCH3 is 1. The summed E-state index contributed by atoms with van der Waals surface area (Å²) in [6.07, 6.45) is 0. The van der Waals surface area contributed by atoms with Crippen molar-refractivity contribution in [2.45, 2.75) is 27.7 Å². The summed E-state index contributed by atoms with van der Waals surface area (Å²) in [7, 11) is 1.60. The van der Waals surface area contributed by atoms with Gasteiger partial charge >= 0.3 is 0 Å². The fraction of sp³-hybridized carbons (Fsp3) is 0.500. The van der Waals surface area contributed by atoms with Crippen molar-refractivity contribution in [3.05, 3.63) is 24.3 Å². The third-order valence-electron chi connectivity index (χ3n) is 3.07. The van der Waals surface area contributed by atoms with Crippen LogP contribution in [-0.2, 0) is 9.59 Å². The number of hydrogen-bond acceptors (Lipinski definition) is 3. The van der Waals surface area contributed by atoms with Crippen LogP contribution in [-0.4, -0.2) is 32.0 Å². The minimum atomic E-state index is -0.429. The van der Waals surface area contributed by atoms with E-state index in [0.29, 0.717) is 13.1 Å². The number of carbonyl (C=O) groups is 2. The Morgan fingerprint density at radius 1 is 1.19 bits per heavy atom. The maximum atomic E-state index is 11.8. The summed E-state index contributed by atoms with van der Waals surface area (Å²) < 4.78 is 5.10. The van der Waals surface area contributed by atoms with E-state index in [0.717, 1.165) is 11.4 Å². The summed E-state index contributed by atoms with van der Waals surface area (Å²) in [5.74, 6) is 0.647.